The topological polar surface area (TPSA) is 102 Å². The van der Waals surface area contributed by atoms with Gasteiger partial charge in [-0.25, -0.2) is 9.59 Å². The summed E-state index contributed by atoms with van der Waals surface area (Å²) in [6.45, 7) is 12.7. The maximum absolute atomic E-state index is 13.7. The third kappa shape index (κ3) is 4.72. The van der Waals surface area contributed by atoms with Gasteiger partial charge in [0.05, 0.1) is 11.7 Å². The highest BCUT2D eigenvalue weighted by Crippen LogP contribution is 2.75. The van der Waals surface area contributed by atoms with E-state index in [2.05, 4.69) is 44.4 Å². The van der Waals surface area contributed by atoms with E-state index in [1.54, 1.807) is 12.1 Å². The SMILES string of the molecule is CC1C(c2ccc(C(=O)O)cc2)=CCC2(C)C1CC[C@]1(C)C2CCC2C3CCCC3(NC(=O)N3CCNCC(O)C3)CC[C@]21C. The largest absolute Gasteiger partial charge is 0.478 e. The van der Waals surface area contributed by atoms with Crippen LogP contribution in [0.4, 0.5) is 4.79 Å². The van der Waals surface area contributed by atoms with Crippen LogP contribution in [0.25, 0.3) is 5.57 Å². The van der Waals surface area contributed by atoms with Crippen molar-refractivity contribution in [2.75, 3.05) is 26.2 Å². The Morgan fingerprint density at radius 2 is 1.71 bits per heavy atom. The number of carbonyl (C=O) groups excluding carboxylic acids is 1. The Balaban J connectivity index is 1.13. The molecule has 10 atom stereocenters. The van der Waals surface area contributed by atoms with Gasteiger partial charge in [-0.2, -0.15) is 0 Å². The summed E-state index contributed by atoms with van der Waals surface area (Å²) >= 11 is 0. The van der Waals surface area contributed by atoms with Crippen molar-refractivity contribution in [3.63, 3.8) is 0 Å². The summed E-state index contributed by atoms with van der Waals surface area (Å²) in [5.41, 5.74) is 3.60. The van der Waals surface area contributed by atoms with Gasteiger partial charge in [-0.15, -0.1) is 0 Å². The minimum atomic E-state index is -0.870. The van der Waals surface area contributed by atoms with Crippen molar-refractivity contribution in [2.24, 2.45) is 45.8 Å². The van der Waals surface area contributed by atoms with Crippen LogP contribution in [0.2, 0.25) is 0 Å². The predicted molar refractivity (Wildman–Crippen MR) is 177 cm³/mol. The Hall–Kier alpha value is -2.38. The number of carbonyl (C=O) groups is 2. The van der Waals surface area contributed by atoms with E-state index in [4.69, 9.17) is 0 Å². The second-order valence-corrected chi connectivity index (χ2v) is 16.6. The Morgan fingerprint density at radius 1 is 0.933 bits per heavy atom. The van der Waals surface area contributed by atoms with Crippen LogP contribution in [0.15, 0.2) is 30.3 Å². The molecule has 2 amide bonds. The number of hydrogen-bond acceptors (Lipinski definition) is 4. The number of carboxylic acids is 1. The van der Waals surface area contributed by atoms with Gasteiger partial charge in [-0.3, -0.25) is 0 Å². The van der Waals surface area contributed by atoms with Gasteiger partial charge in [0.2, 0.25) is 0 Å². The van der Waals surface area contributed by atoms with Crippen LogP contribution in [0.5, 0.6) is 0 Å². The summed E-state index contributed by atoms with van der Waals surface area (Å²) in [5, 5.41) is 26.6. The van der Waals surface area contributed by atoms with Crippen molar-refractivity contribution in [1.29, 1.82) is 0 Å². The zero-order chi connectivity index (χ0) is 31.8. The number of β-amino-alcohol motifs (C(OH)–C–C–N with tert-alkyl or cyclic N) is 1. The minimum Gasteiger partial charge on any atom is -0.478 e. The molecule has 0 spiro atoms. The molecule has 1 aliphatic heterocycles. The van der Waals surface area contributed by atoms with E-state index in [1.165, 1.54) is 56.1 Å². The molecule has 8 unspecified atom stereocenters. The van der Waals surface area contributed by atoms with E-state index in [9.17, 15) is 19.8 Å². The first-order valence-electron chi connectivity index (χ1n) is 17.9. The van der Waals surface area contributed by atoms with Gasteiger partial charge in [-0.1, -0.05) is 52.3 Å². The number of aromatic carboxylic acids is 1. The lowest BCUT2D eigenvalue weighted by Gasteiger charge is -2.71. The molecule has 7 rings (SSSR count). The van der Waals surface area contributed by atoms with Gasteiger partial charge in [0.1, 0.15) is 0 Å². The number of amides is 2. The quantitative estimate of drug-likeness (QED) is 0.307. The van der Waals surface area contributed by atoms with Gasteiger partial charge in [0.25, 0.3) is 0 Å². The number of benzene rings is 1. The molecule has 0 bridgehead atoms. The molecule has 1 aromatic carbocycles. The van der Waals surface area contributed by atoms with Crippen LogP contribution in [0.1, 0.15) is 108 Å². The normalized spacial score (nSPS) is 44.4. The maximum atomic E-state index is 13.7. The van der Waals surface area contributed by atoms with E-state index in [1.807, 2.05) is 17.0 Å². The average molecular weight is 618 g/mol. The molecule has 6 aliphatic rings. The molecular weight excluding hydrogens is 562 g/mol. The Bertz CT molecular complexity index is 1360. The molecular formula is C38H55N3O4. The van der Waals surface area contributed by atoms with Crippen molar-refractivity contribution in [2.45, 2.75) is 104 Å². The molecule has 0 aromatic heterocycles. The Kier molecular flexibility index (Phi) is 7.71. The Morgan fingerprint density at radius 3 is 2.47 bits per heavy atom. The first kappa shape index (κ1) is 31.2. The molecule has 0 radical (unpaired) electrons. The molecule has 5 fully saturated rings. The third-order valence-corrected chi connectivity index (χ3v) is 15.0. The first-order chi connectivity index (χ1) is 21.4. The van der Waals surface area contributed by atoms with Crippen LogP contribution in [-0.4, -0.2) is 64.9 Å². The number of hydrogen-bond donors (Lipinski definition) is 4. The van der Waals surface area contributed by atoms with Crippen molar-refractivity contribution >= 4 is 17.6 Å². The smallest absolute Gasteiger partial charge is 0.335 e. The highest BCUT2D eigenvalue weighted by molar-refractivity contribution is 5.88. The molecule has 4 N–H and O–H groups in total. The second-order valence-electron chi connectivity index (χ2n) is 16.6. The highest BCUT2D eigenvalue weighted by atomic mass is 16.4. The predicted octanol–water partition coefficient (Wildman–Crippen LogP) is 6.57. The molecule has 7 nitrogen and oxygen atoms in total. The number of carboxylic acid groups (broad SMARTS) is 1. The number of nitrogens with one attached hydrogen (secondary N) is 2. The number of urea groups is 1. The molecule has 1 saturated heterocycles. The van der Waals surface area contributed by atoms with Crippen LogP contribution in [0.3, 0.4) is 0 Å². The lowest BCUT2D eigenvalue weighted by atomic mass is 9.34. The fraction of sp³-hybridized carbons (Fsp3) is 0.737. The summed E-state index contributed by atoms with van der Waals surface area (Å²) in [4.78, 5) is 27.0. The summed E-state index contributed by atoms with van der Waals surface area (Å²) in [7, 11) is 0. The van der Waals surface area contributed by atoms with E-state index in [0.29, 0.717) is 54.8 Å². The van der Waals surface area contributed by atoms with E-state index in [0.717, 1.165) is 25.8 Å². The summed E-state index contributed by atoms with van der Waals surface area (Å²) in [5.74, 6) is 2.04. The van der Waals surface area contributed by atoms with E-state index >= 15 is 0 Å². The molecule has 4 saturated carbocycles. The summed E-state index contributed by atoms with van der Waals surface area (Å²) in [6.07, 6.45) is 13.9. The lowest BCUT2D eigenvalue weighted by Crippen LogP contribution is -2.68. The van der Waals surface area contributed by atoms with E-state index < -0.39 is 12.1 Å². The van der Waals surface area contributed by atoms with E-state index in [-0.39, 0.29) is 27.8 Å². The van der Waals surface area contributed by atoms with Crippen LogP contribution in [0, 0.1) is 45.8 Å². The fourth-order valence-corrected chi connectivity index (χ4v) is 12.6. The molecule has 7 heteroatoms. The molecule has 1 aromatic rings. The van der Waals surface area contributed by atoms with Crippen molar-refractivity contribution in [1.82, 2.24) is 15.5 Å². The lowest BCUT2D eigenvalue weighted by molar-refractivity contribution is -0.210. The van der Waals surface area contributed by atoms with Crippen LogP contribution in [-0.2, 0) is 0 Å². The van der Waals surface area contributed by atoms with Gasteiger partial charge in [-0.05, 0) is 127 Å². The van der Waals surface area contributed by atoms with Gasteiger partial charge >= 0.3 is 12.0 Å². The molecule has 5 aliphatic carbocycles. The standard InChI is InChI=1S/C38H55N3O4/c1-24-28(25-7-9-26(10-8-25)33(43)44)13-16-35(2)29(24)14-17-37(4)32(35)12-11-30-31-6-5-15-38(31,19-18-36(30,37)3)40-34(45)41-21-20-39-22-27(42)23-41/h7-10,13,24,27,29-32,39,42H,5-6,11-12,14-23H2,1-4H3,(H,40,45)(H,43,44)/t24?,27?,29?,30?,31?,32?,35?,36-,37-,38?/m1/s1. The number of allylic oxidation sites excluding steroid dienone is 2. The van der Waals surface area contributed by atoms with Gasteiger partial charge in [0, 0.05) is 31.7 Å². The molecule has 45 heavy (non-hydrogen) atoms. The van der Waals surface area contributed by atoms with Crippen molar-refractivity contribution in [3.05, 3.63) is 41.5 Å². The summed E-state index contributed by atoms with van der Waals surface area (Å²) < 4.78 is 0. The number of aliphatic hydroxyl groups excluding tert-OH is 1. The first-order valence-corrected chi connectivity index (χ1v) is 17.9. The zero-order valence-corrected chi connectivity index (χ0v) is 27.9. The fourth-order valence-electron chi connectivity index (χ4n) is 12.6. The summed E-state index contributed by atoms with van der Waals surface area (Å²) in [6, 6.07) is 7.55. The van der Waals surface area contributed by atoms with Gasteiger partial charge < -0.3 is 25.7 Å². The van der Waals surface area contributed by atoms with Crippen molar-refractivity contribution < 1.29 is 19.8 Å². The number of aliphatic hydroxyl groups is 1. The molecule has 1 heterocycles. The maximum Gasteiger partial charge on any atom is 0.335 e. The average Bonchev–Trinajstić information content (AvgIpc) is 3.29. The van der Waals surface area contributed by atoms with Crippen molar-refractivity contribution in [3.8, 4) is 0 Å². The zero-order valence-electron chi connectivity index (χ0n) is 27.9. The number of nitrogens with zero attached hydrogens (tertiary/aromatic N) is 1. The number of rotatable bonds is 3. The number of fused-ring (bicyclic) bond motifs is 7. The monoisotopic (exact) mass is 617 g/mol. The Labute approximate surface area is 269 Å². The van der Waals surface area contributed by atoms with Gasteiger partial charge in [0.15, 0.2) is 0 Å². The van der Waals surface area contributed by atoms with Crippen LogP contribution >= 0.6 is 0 Å². The van der Waals surface area contributed by atoms with Crippen LogP contribution < -0.4 is 10.6 Å². The minimum absolute atomic E-state index is 0.0255. The highest BCUT2D eigenvalue weighted by Gasteiger charge is 2.68. The third-order valence-electron chi connectivity index (χ3n) is 15.0. The molecule has 246 valence electrons. The second kappa shape index (κ2) is 11.1.